The molecule has 92 valence electrons. The summed E-state index contributed by atoms with van der Waals surface area (Å²) in [6.07, 6.45) is 5.06. The molecule has 0 saturated carbocycles. The van der Waals surface area contributed by atoms with Crippen molar-refractivity contribution in [2.75, 3.05) is 16.8 Å². The van der Waals surface area contributed by atoms with Crippen LogP contribution in [0.1, 0.15) is 12.8 Å². The second-order valence-corrected chi connectivity index (χ2v) is 5.84. The molecule has 1 aliphatic heterocycles. The first-order valence-electron chi connectivity index (χ1n) is 5.30. The summed E-state index contributed by atoms with van der Waals surface area (Å²) in [7, 11) is 0. The Morgan fingerprint density at radius 3 is 3.06 bits per heavy atom. The smallest absolute Gasteiger partial charge is 0.311 e. The molecule has 17 heavy (non-hydrogen) atoms. The van der Waals surface area contributed by atoms with Crippen LogP contribution in [-0.2, 0) is 0 Å². The molecule has 0 radical (unpaired) electrons. The van der Waals surface area contributed by atoms with Crippen LogP contribution in [0.2, 0.25) is 0 Å². The number of nitro groups is 1. The van der Waals surface area contributed by atoms with Gasteiger partial charge in [0.1, 0.15) is 11.9 Å². The highest BCUT2D eigenvalue weighted by molar-refractivity contribution is 9.10. The second kappa shape index (κ2) is 5.68. The first-order valence-corrected chi connectivity index (χ1v) is 7.25. The van der Waals surface area contributed by atoms with Gasteiger partial charge < -0.3 is 5.32 Å². The van der Waals surface area contributed by atoms with E-state index in [9.17, 15) is 10.1 Å². The molecule has 2 heterocycles. The molecule has 0 bridgehead atoms. The maximum absolute atomic E-state index is 10.9. The number of pyridine rings is 1. The van der Waals surface area contributed by atoms with Gasteiger partial charge in [0.2, 0.25) is 0 Å². The minimum Gasteiger partial charge on any atom is -0.375 e. The van der Waals surface area contributed by atoms with Crippen LogP contribution in [0, 0.1) is 10.1 Å². The topological polar surface area (TPSA) is 68.1 Å². The lowest BCUT2D eigenvalue weighted by molar-refractivity contribution is -0.384. The molecule has 1 aromatic heterocycles. The predicted octanol–water partition coefficient (Wildman–Crippen LogP) is 3.06. The Morgan fingerprint density at radius 1 is 1.59 bits per heavy atom. The lowest BCUT2D eigenvalue weighted by Gasteiger charge is -2.23. The lowest BCUT2D eigenvalue weighted by atomic mass is 10.2. The summed E-state index contributed by atoms with van der Waals surface area (Å²) in [6, 6.07) is 0.297. The summed E-state index contributed by atoms with van der Waals surface area (Å²) in [5.41, 5.74) is 0.562. The first-order chi connectivity index (χ1) is 8.18. The van der Waals surface area contributed by atoms with Gasteiger partial charge in [0.15, 0.2) is 0 Å². The molecular weight excluding hydrogens is 306 g/mol. The van der Waals surface area contributed by atoms with Crippen molar-refractivity contribution in [1.29, 1.82) is 0 Å². The number of nitrogens with one attached hydrogen (secondary N) is 1. The summed E-state index contributed by atoms with van der Waals surface area (Å²) in [5, 5.41) is 14.2. The van der Waals surface area contributed by atoms with Gasteiger partial charge in [-0.1, -0.05) is 0 Å². The van der Waals surface area contributed by atoms with E-state index in [0.29, 0.717) is 16.2 Å². The molecule has 5 nitrogen and oxygen atoms in total. The van der Waals surface area contributed by atoms with Gasteiger partial charge in [-0.15, -0.1) is 0 Å². The molecule has 1 fully saturated rings. The van der Waals surface area contributed by atoms with Crippen molar-refractivity contribution in [3.05, 3.63) is 27.0 Å². The molecule has 0 amide bonds. The Hall–Kier alpha value is -0.820. The summed E-state index contributed by atoms with van der Waals surface area (Å²) >= 11 is 5.19. The van der Waals surface area contributed by atoms with E-state index in [4.69, 9.17) is 0 Å². The highest BCUT2D eigenvalue weighted by Crippen LogP contribution is 2.33. The Labute approximate surface area is 112 Å². The molecule has 1 N–H and O–H groups in total. The Kier molecular flexibility index (Phi) is 4.22. The van der Waals surface area contributed by atoms with Crippen LogP contribution >= 0.6 is 27.7 Å². The third kappa shape index (κ3) is 3.10. The average Bonchev–Trinajstić information content (AvgIpc) is 2.33. The number of nitrogens with zero attached hydrogens (tertiary/aromatic N) is 2. The molecular formula is C10H12BrN3O2S. The van der Waals surface area contributed by atoms with Crippen molar-refractivity contribution in [3.63, 3.8) is 0 Å². The molecule has 1 aromatic rings. The van der Waals surface area contributed by atoms with Crippen LogP contribution in [0.3, 0.4) is 0 Å². The van der Waals surface area contributed by atoms with Crippen molar-refractivity contribution in [2.24, 2.45) is 0 Å². The highest BCUT2D eigenvalue weighted by Gasteiger charge is 2.21. The van der Waals surface area contributed by atoms with Crippen molar-refractivity contribution in [1.82, 2.24) is 4.98 Å². The lowest BCUT2D eigenvalue weighted by Crippen LogP contribution is -2.26. The Bertz CT molecular complexity index is 424. The van der Waals surface area contributed by atoms with Crippen LogP contribution in [0.15, 0.2) is 16.9 Å². The minimum absolute atomic E-state index is 0.0231. The molecule has 1 aliphatic rings. The summed E-state index contributed by atoms with van der Waals surface area (Å²) in [5.74, 6) is 2.17. The van der Waals surface area contributed by atoms with E-state index in [1.54, 1.807) is 6.20 Å². The van der Waals surface area contributed by atoms with E-state index in [-0.39, 0.29) is 5.69 Å². The summed E-state index contributed by atoms with van der Waals surface area (Å²) < 4.78 is 0.641. The molecule has 0 aromatic carbocycles. The fourth-order valence-corrected chi connectivity index (χ4v) is 3.27. The number of halogens is 1. The maximum Gasteiger partial charge on any atom is 0.311 e. The van der Waals surface area contributed by atoms with Gasteiger partial charge in [-0.05, 0) is 34.5 Å². The molecule has 1 atom stereocenters. The normalized spacial score (nSPS) is 19.9. The standard InChI is InChI=1S/C10H12BrN3O2S/c11-8-4-12-5-9(14(15)16)10(8)13-7-2-1-3-17-6-7/h4-5,7H,1-3,6H2,(H,12,13). The Balaban J connectivity index is 2.21. The van der Waals surface area contributed by atoms with Gasteiger partial charge in [-0.3, -0.25) is 15.1 Å². The third-order valence-corrected chi connectivity index (χ3v) is 4.40. The number of hydrogen-bond acceptors (Lipinski definition) is 5. The third-order valence-electron chi connectivity index (χ3n) is 2.59. The van der Waals surface area contributed by atoms with E-state index in [0.717, 1.165) is 18.6 Å². The predicted molar refractivity (Wildman–Crippen MR) is 72.6 cm³/mol. The van der Waals surface area contributed by atoms with Crippen molar-refractivity contribution in [3.8, 4) is 0 Å². The van der Waals surface area contributed by atoms with Crippen molar-refractivity contribution < 1.29 is 4.92 Å². The molecule has 7 heteroatoms. The monoisotopic (exact) mass is 317 g/mol. The van der Waals surface area contributed by atoms with Gasteiger partial charge in [-0.25, -0.2) is 0 Å². The Morgan fingerprint density at radius 2 is 2.41 bits per heavy atom. The minimum atomic E-state index is -0.407. The van der Waals surface area contributed by atoms with Gasteiger partial charge in [0.25, 0.3) is 0 Å². The van der Waals surface area contributed by atoms with Crippen LogP contribution in [0.25, 0.3) is 0 Å². The fraction of sp³-hybridized carbons (Fsp3) is 0.500. The first kappa shape index (κ1) is 12.6. The maximum atomic E-state index is 10.9. The van der Waals surface area contributed by atoms with Gasteiger partial charge in [0.05, 0.1) is 9.40 Å². The van der Waals surface area contributed by atoms with E-state index in [1.807, 2.05) is 11.8 Å². The quantitative estimate of drug-likeness (QED) is 0.685. The number of thioether (sulfide) groups is 1. The van der Waals surface area contributed by atoms with Crippen LogP contribution in [-0.4, -0.2) is 27.5 Å². The van der Waals surface area contributed by atoms with E-state index < -0.39 is 4.92 Å². The number of aromatic nitrogens is 1. The molecule has 0 spiro atoms. The van der Waals surface area contributed by atoms with Crippen LogP contribution in [0.4, 0.5) is 11.4 Å². The average molecular weight is 318 g/mol. The second-order valence-electron chi connectivity index (χ2n) is 3.83. The zero-order valence-corrected chi connectivity index (χ0v) is 11.5. The van der Waals surface area contributed by atoms with Gasteiger partial charge in [-0.2, -0.15) is 11.8 Å². The molecule has 2 rings (SSSR count). The number of anilines is 1. The van der Waals surface area contributed by atoms with Gasteiger partial charge in [0, 0.05) is 18.0 Å². The van der Waals surface area contributed by atoms with Crippen molar-refractivity contribution >= 4 is 39.1 Å². The summed E-state index contributed by atoms with van der Waals surface area (Å²) in [4.78, 5) is 14.3. The summed E-state index contributed by atoms with van der Waals surface area (Å²) in [6.45, 7) is 0. The number of rotatable bonds is 3. The molecule has 1 unspecified atom stereocenters. The number of hydrogen-bond donors (Lipinski definition) is 1. The zero-order chi connectivity index (χ0) is 12.3. The molecule has 0 aliphatic carbocycles. The van der Waals surface area contributed by atoms with Crippen molar-refractivity contribution in [2.45, 2.75) is 18.9 Å². The SMILES string of the molecule is O=[N+]([O-])c1cncc(Br)c1NC1CCCSC1. The zero-order valence-electron chi connectivity index (χ0n) is 9.06. The van der Waals surface area contributed by atoms with Crippen LogP contribution in [0.5, 0.6) is 0 Å². The van der Waals surface area contributed by atoms with E-state index in [2.05, 4.69) is 26.2 Å². The fourth-order valence-electron chi connectivity index (χ4n) is 1.76. The highest BCUT2D eigenvalue weighted by atomic mass is 79.9. The largest absolute Gasteiger partial charge is 0.375 e. The van der Waals surface area contributed by atoms with Gasteiger partial charge >= 0.3 is 5.69 Å². The molecule has 1 saturated heterocycles. The van der Waals surface area contributed by atoms with E-state index in [1.165, 1.54) is 11.9 Å². The van der Waals surface area contributed by atoms with E-state index >= 15 is 0 Å². The van der Waals surface area contributed by atoms with Crippen LogP contribution < -0.4 is 5.32 Å².